The lowest BCUT2D eigenvalue weighted by Crippen LogP contribution is -2.48. The molecule has 1 aliphatic heterocycles. The summed E-state index contributed by atoms with van der Waals surface area (Å²) in [5.74, 6) is 1.52. The second-order valence-corrected chi connectivity index (χ2v) is 9.86. The minimum absolute atomic E-state index is 0.259. The van der Waals surface area contributed by atoms with Crippen LogP contribution in [0.1, 0.15) is 52.1 Å². The van der Waals surface area contributed by atoms with Gasteiger partial charge in [-0.2, -0.15) is 0 Å². The smallest absolute Gasteiger partial charge is 0.206 e. The van der Waals surface area contributed by atoms with Gasteiger partial charge in [0, 0.05) is 37.8 Å². The highest BCUT2D eigenvalue weighted by molar-refractivity contribution is 5.79. The maximum atomic E-state index is 6.92. The molecule has 0 radical (unpaired) electrons. The quantitative estimate of drug-likeness (QED) is 0.541. The van der Waals surface area contributed by atoms with E-state index in [1.165, 1.54) is 11.1 Å². The first-order valence-electron chi connectivity index (χ1n) is 12.2. The van der Waals surface area contributed by atoms with E-state index in [-0.39, 0.29) is 5.54 Å². The first-order valence-corrected chi connectivity index (χ1v) is 12.2. The van der Waals surface area contributed by atoms with Crippen LogP contribution in [-0.2, 0) is 5.54 Å². The Bertz CT molecular complexity index is 1000. The summed E-state index contributed by atoms with van der Waals surface area (Å²) >= 11 is 0. The average molecular weight is 434 g/mol. The Balaban J connectivity index is 1.36. The number of rotatable bonds is 8. The lowest BCUT2D eigenvalue weighted by molar-refractivity contribution is 0.223. The predicted molar refractivity (Wildman–Crippen MR) is 135 cm³/mol. The standard InChI is InChI=1S/C27H39N5/c1-21(2)27(28,23-11-6-5-7-12-23)15-10-16-30-17-19-31(20-18-30)26-29-24-13-8-9-14-25(24)32(26)22(3)4/h5-9,11-14,21-22H,10,15-20,28H2,1-4H3. The summed E-state index contributed by atoms with van der Waals surface area (Å²) in [7, 11) is 0. The molecule has 1 saturated heterocycles. The Kier molecular flexibility index (Phi) is 6.87. The number of hydrogen-bond donors (Lipinski definition) is 1. The summed E-state index contributed by atoms with van der Waals surface area (Å²) in [5, 5.41) is 0. The van der Waals surface area contributed by atoms with Crippen molar-refractivity contribution >= 4 is 17.0 Å². The normalized spacial score (nSPS) is 17.4. The van der Waals surface area contributed by atoms with E-state index in [9.17, 15) is 0 Å². The predicted octanol–water partition coefficient (Wildman–Crippen LogP) is 5.03. The average Bonchev–Trinajstić information content (AvgIpc) is 3.20. The zero-order valence-corrected chi connectivity index (χ0v) is 20.2. The molecular formula is C27H39N5. The van der Waals surface area contributed by atoms with Crippen molar-refractivity contribution in [2.75, 3.05) is 37.6 Å². The SMILES string of the molecule is CC(C)n1c(N2CCN(CCCC(N)(c3ccccc3)C(C)C)CC2)nc2ccccc21. The molecule has 2 N–H and O–H groups in total. The molecule has 1 aliphatic rings. The van der Waals surface area contributed by atoms with Crippen LogP contribution in [0.4, 0.5) is 5.95 Å². The van der Waals surface area contributed by atoms with Gasteiger partial charge in [0.15, 0.2) is 0 Å². The summed E-state index contributed by atoms with van der Waals surface area (Å²) in [6.07, 6.45) is 2.13. The molecule has 2 aromatic carbocycles. The molecule has 1 unspecified atom stereocenters. The van der Waals surface area contributed by atoms with Gasteiger partial charge in [0.25, 0.3) is 0 Å². The van der Waals surface area contributed by atoms with Gasteiger partial charge in [-0.1, -0.05) is 56.3 Å². The van der Waals surface area contributed by atoms with E-state index in [4.69, 9.17) is 10.7 Å². The number of imidazole rings is 1. The number of aromatic nitrogens is 2. The number of hydrogen-bond acceptors (Lipinski definition) is 4. The summed E-state index contributed by atoms with van der Waals surface area (Å²) in [4.78, 5) is 10.0. The van der Waals surface area contributed by atoms with Gasteiger partial charge in [-0.15, -0.1) is 0 Å². The largest absolute Gasteiger partial charge is 0.340 e. The van der Waals surface area contributed by atoms with Crippen molar-refractivity contribution in [3.05, 3.63) is 60.2 Å². The molecule has 0 aliphatic carbocycles. The van der Waals surface area contributed by atoms with Crippen molar-refractivity contribution in [2.24, 2.45) is 11.7 Å². The number of fused-ring (bicyclic) bond motifs is 1. The van der Waals surface area contributed by atoms with Gasteiger partial charge in [0.2, 0.25) is 5.95 Å². The number of anilines is 1. The second-order valence-electron chi connectivity index (χ2n) is 9.86. The van der Waals surface area contributed by atoms with Gasteiger partial charge >= 0.3 is 0 Å². The molecular weight excluding hydrogens is 394 g/mol. The van der Waals surface area contributed by atoms with Crippen LogP contribution in [-0.4, -0.2) is 47.2 Å². The first kappa shape index (κ1) is 22.8. The van der Waals surface area contributed by atoms with E-state index >= 15 is 0 Å². The third kappa shape index (κ3) is 4.55. The van der Waals surface area contributed by atoms with Crippen molar-refractivity contribution in [3.63, 3.8) is 0 Å². The van der Waals surface area contributed by atoms with Crippen LogP contribution in [0.5, 0.6) is 0 Å². The molecule has 0 saturated carbocycles. The van der Waals surface area contributed by atoms with E-state index < -0.39 is 0 Å². The van der Waals surface area contributed by atoms with E-state index in [1.54, 1.807) is 0 Å². The van der Waals surface area contributed by atoms with Crippen molar-refractivity contribution in [2.45, 2.75) is 52.1 Å². The summed E-state index contributed by atoms with van der Waals surface area (Å²) in [5.41, 5.74) is 10.2. The van der Waals surface area contributed by atoms with E-state index in [2.05, 4.69) is 96.7 Å². The monoisotopic (exact) mass is 433 g/mol. The Morgan fingerprint density at radius 3 is 2.22 bits per heavy atom. The fourth-order valence-electron chi connectivity index (χ4n) is 5.05. The molecule has 0 spiro atoms. The van der Waals surface area contributed by atoms with Crippen LogP contribution in [0, 0.1) is 5.92 Å². The second kappa shape index (κ2) is 9.63. The molecule has 4 rings (SSSR count). The van der Waals surface area contributed by atoms with Gasteiger partial charge in [0.1, 0.15) is 0 Å². The number of nitrogens with zero attached hydrogens (tertiary/aromatic N) is 4. The fourth-order valence-corrected chi connectivity index (χ4v) is 5.05. The first-order chi connectivity index (χ1) is 15.4. The number of para-hydroxylation sites is 2. The van der Waals surface area contributed by atoms with Crippen LogP contribution >= 0.6 is 0 Å². The molecule has 0 bridgehead atoms. The molecule has 5 heteroatoms. The molecule has 1 fully saturated rings. The van der Waals surface area contributed by atoms with Crippen LogP contribution in [0.3, 0.4) is 0 Å². The topological polar surface area (TPSA) is 50.3 Å². The summed E-state index contributed by atoms with van der Waals surface area (Å²) in [6.45, 7) is 14.3. The van der Waals surface area contributed by atoms with Crippen molar-refractivity contribution in [1.29, 1.82) is 0 Å². The zero-order valence-electron chi connectivity index (χ0n) is 20.2. The lowest BCUT2D eigenvalue weighted by Gasteiger charge is -2.38. The van der Waals surface area contributed by atoms with Crippen molar-refractivity contribution in [1.82, 2.24) is 14.5 Å². The molecule has 1 atom stereocenters. The number of nitrogens with two attached hydrogens (primary N) is 1. The minimum atomic E-state index is -0.259. The Morgan fingerprint density at radius 2 is 1.56 bits per heavy atom. The third-order valence-corrected chi connectivity index (χ3v) is 7.16. The third-order valence-electron chi connectivity index (χ3n) is 7.16. The maximum absolute atomic E-state index is 6.92. The van der Waals surface area contributed by atoms with Crippen molar-refractivity contribution in [3.8, 4) is 0 Å². The zero-order chi connectivity index (χ0) is 22.7. The molecule has 2 heterocycles. The molecule has 5 nitrogen and oxygen atoms in total. The van der Waals surface area contributed by atoms with E-state index in [0.29, 0.717) is 12.0 Å². The van der Waals surface area contributed by atoms with Crippen LogP contribution in [0.15, 0.2) is 54.6 Å². The lowest BCUT2D eigenvalue weighted by atomic mass is 9.77. The molecule has 0 amide bonds. The van der Waals surface area contributed by atoms with Crippen LogP contribution < -0.4 is 10.6 Å². The molecule has 172 valence electrons. The number of benzene rings is 2. The highest BCUT2D eigenvalue weighted by Crippen LogP contribution is 2.32. The summed E-state index contributed by atoms with van der Waals surface area (Å²) in [6, 6.07) is 19.5. The van der Waals surface area contributed by atoms with Gasteiger partial charge in [-0.05, 0) is 56.8 Å². The summed E-state index contributed by atoms with van der Waals surface area (Å²) < 4.78 is 2.39. The highest BCUT2D eigenvalue weighted by atomic mass is 15.4. The Morgan fingerprint density at radius 1 is 0.906 bits per heavy atom. The highest BCUT2D eigenvalue weighted by Gasteiger charge is 2.31. The van der Waals surface area contributed by atoms with Gasteiger partial charge in [-0.3, -0.25) is 4.90 Å². The minimum Gasteiger partial charge on any atom is -0.340 e. The van der Waals surface area contributed by atoms with Gasteiger partial charge in [-0.25, -0.2) is 4.98 Å². The van der Waals surface area contributed by atoms with Gasteiger partial charge in [0.05, 0.1) is 11.0 Å². The van der Waals surface area contributed by atoms with Gasteiger partial charge < -0.3 is 15.2 Å². The van der Waals surface area contributed by atoms with E-state index in [0.717, 1.165) is 57.0 Å². The number of piperazine rings is 1. The van der Waals surface area contributed by atoms with E-state index in [1.807, 2.05) is 0 Å². The maximum Gasteiger partial charge on any atom is 0.206 e. The Labute approximate surface area is 193 Å². The molecule has 1 aromatic heterocycles. The molecule has 3 aromatic rings. The van der Waals surface area contributed by atoms with Crippen molar-refractivity contribution < 1.29 is 0 Å². The molecule has 32 heavy (non-hydrogen) atoms. The van der Waals surface area contributed by atoms with Crippen LogP contribution in [0.25, 0.3) is 11.0 Å². The Hall–Kier alpha value is -2.37. The van der Waals surface area contributed by atoms with Crippen LogP contribution in [0.2, 0.25) is 0 Å². The fraction of sp³-hybridized carbons (Fsp3) is 0.519.